The maximum Gasteiger partial charge on any atom is 0.273 e. The number of nitro benzene ring substituents is 1. The van der Waals surface area contributed by atoms with Crippen LogP contribution in [0, 0.1) is 21.4 Å². The molecular weight excluding hydrogens is 360 g/mol. The van der Waals surface area contributed by atoms with E-state index in [9.17, 15) is 20.2 Å². The van der Waals surface area contributed by atoms with E-state index in [1.807, 2.05) is 12.1 Å². The van der Waals surface area contributed by atoms with Gasteiger partial charge in [0.2, 0.25) is 5.95 Å². The monoisotopic (exact) mass is 374 g/mol. The van der Waals surface area contributed by atoms with E-state index in [-0.39, 0.29) is 22.9 Å². The van der Waals surface area contributed by atoms with E-state index in [2.05, 4.69) is 15.5 Å². The summed E-state index contributed by atoms with van der Waals surface area (Å²) in [4.78, 5) is 27.1. The van der Waals surface area contributed by atoms with Crippen LogP contribution in [-0.2, 0) is 7.05 Å². The Bertz CT molecular complexity index is 1150. The van der Waals surface area contributed by atoms with E-state index >= 15 is 0 Å². The lowest BCUT2D eigenvalue weighted by Crippen LogP contribution is -2.24. The third-order valence-corrected chi connectivity index (χ3v) is 3.93. The summed E-state index contributed by atoms with van der Waals surface area (Å²) in [5.41, 5.74) is 3.63. The summed E-state index contributed by atoms with van der Waals surface area (Å²) < 4.78 is 1.19. The molecule has 0 bridgehead atoms. The van der Waals surface area contributed by atoms with Gasteiger partial charge in [-0.25, -0.2) is 10.4 Å². The van der Waals surface area contributed by atoms with Crippen molar-refractivity contribution in [3.8, 4) is 17.3 Å². The van der Waals surface area contributed by atoms with Crippen LogP contribution in [0.1, 0.15) is 11.1 Å². The van der Waals surface area contributed by atoms with Crippen LogP contribution in [0.25, 0.3) is 11.3 Å². The second-order valence-electron chi connectivity index (χ2n) is 5.72. The first-order valence-electron chi connectivity index (χ1n) is 8.11. The average Bonchev–Trinajstić information content (AvgIpc) is 2.72. The lowest BCUT2D eigenvalue weighted by Gasteiger charge is -2.10. The zero-order valence-electron chi connectivity index (χ0n) is 14.7. The standard InChI is InChI=1S/C19H14N6O3/c1-24-18(26)16(11-20)17(14-5-3-2-4-6-14)22-19(24)23-21-12-13-7-9-15(10-8-13)25(27)28/h2-10,12H,1H3,(H,22,23)/b21-12+. The highest BCUT2D eigenvalue weighted by atomic mass is 16.6. The molecule has 0 aliphatic carbocycles. The molecule has 0 saturated heterocycles. The topological polar surface area (TPSA) is 126 Å². The van der Waals surface area contributed by atoms with Crippen molar-refractivity contribution >= 4 is 17.9 Å². The summed E-state index contributed by atoms with van der Waals surface area (Å²) in [6.07, 6.45) is 1.44. The summed E-state index contributed by atoms with van der Waals surface area (Å²) in [7, 11) is 1.48. The minimum Gasteiger partial charge on any atom is -0.279 e. The molecule has 28 heavy (non-hydrogen) atoms. The molecule has 0 aliphatic rings. The fourth-order valence-electron chi connectivity index (χ4n) is 2.45. The van der Waals surface area contributed by atoms with Gasteiger partial charge < -0.3 is 0 Å². The molecule has 0 spiro atoms. The van der Waals surface area contributed by atoms with Crippen LogP contribution in [0.15, 0.2) is 64.5 Å². The number of anilines is 1. The van der Waals surface area contributed by atoms with Crippen LogP contribution in [0.3, 0.4) is 0 Å². The molecule has 2 aromatic carbocycles. The van der Waals surface area contributed by atoms with Gasteiger partial charge in [-0.3, -0.25) is 19.5 Å². The molecule has 9 nitrogen and oxygen atoms in total. The third-order valence-electron chi connectivity index (χ3n) is 3.93. The highest BCUT2D eigenvalue weighted by molar-refractivity contribution is 5.80. The Balaban J connectivity index is 1.92. The number of rotatable bonds is 5. The Morgan fingerprint density at radius 1 is 1.21 bits per heavy atom. The summed E-state index contributed by atoms with van der Waals surface area (Å²) in [6, 6.07) is 16.6. The maximum atomic E-state index is 12.5. The van der Waals surface area contributed by atoms with Crippen molar-refractivity contribution in [2.75, 3.05) is 5.43 Å². The number of nitrogens with zero attached hydrogens (tertiary/aromatic N) is 5. The molecular formula is C19H14N6O3. The molecule has 0 unspecified atom stereocenters. The molecule has 3 rings (SSSR count). The van der Waals surface area contributed by atoms with Crippen molar-refractivity contribution in [3.63, 3.8) is 0 Å². The van der Waals surface area contributed by atoms with Gasteiger partial charge in [-0.15, -0.1) is 0 Å². The van der Waals surface area contributed by atoms with Crippen LogP contribution in [0.5, 0.6) is 0 Å². The van der Waals surface area contributed by atoms with Crippen molar-refractivity contribution in [2.45, 2.75) is 0 Å². The van der Waals surface area contributed by atoms with Gasteiger partial charge in [0.25, 0.3) is 11.2 Å². The molecule has 1 aromatic heterocycles. The quantitative estimate of drug-likeness (QED) is 0.416. The molecule has 1 N–H and O–H groups in total. The van der Waals surface area contributed by atoms with Crippen molar-refractivity contribution in [3.05, 3.63) is 86.2 Å². The predicted molar refractivity (Wildman–Crippen MR) is 104 cm³/mol. The van der Waals surface area contributed by atoms with E-state index in [1.165, 1.54) is 30.0 Å². The summed E-state index contributed by atoms with van der Waals surface area (Å²) >= 11 is 0. The Kier molecular flexibility index (Phi) is 5.23. The summed E-state index contributed by atoms with van der Waals surface area (Å²) in [5, 5.41) is 24.1. The number of benzene rings is 2. The zero-order valence-corrected chi connectivity index (χ0v) is 14.7. The molecule has 0 radical (unpaired) electrons. The van der Waals surface area contributed by atoms with Gasteiger partial charge in [0.1, 0.15) is 11.6 Å². The molecule has 0 saturated carbocycles. The van der Waals surface area contributed by atoms with E-state index in [0.717, 1.165) is 0 Å². The number of nitrogens with one attached hydrogen (secondary N) is 1. The maximum absolute atomic E-state index is 12.5. The van der Waals surface area contributed by atoms with Gasteiger partial charge in [0.15, 0.2) is 0 Å². The van der Waals surface area contributed by atoms with Gasteiger partial charge >= 0.3 is 0 Å². The van der Waals surface area contributed by atoms with E-state index in [0.29, 0.717) is 11.1 Å². The summed E-state index contributed by atoms with van der Waals surface area (Å²) in [5.74, 6) is 0.154. The second-order valence-corrected chi connectivity index (χ2v) is 5.72. The normalized spacial score (nSPS) is 10.6. The number of hydrogen-bond donors (Lipinski definition) is 1. The van der Waals surface area contributed by atoms with Crippen LogP contribution in [0.4, 0.5) is 11.6 Å². The third kappa shape index (κ3) is 3.76. The fraction of sp³-hybridized carbons (Fsp3) is 0.0526. The minimum absolute atomic E-state index is 0.0197. The van der Waals surface area contributed by atoms with Gasteiger partial charge in [0.05, 0.1) is 16.8 Å². The van der Waals surface area contributed by atoms with E-state index < -0.39 is 10.5 Å². The highest BCUT2D eigenvalue weighted by Crippen LogP contribution is 2.20. The summed E-state index contributed by atoms with van der Waals surface area (Å²) in [6.45, 7) is 0. The number of nitro groups is 1. The molecule has 0 fully saturated rings. The molecule has 9 heteroatoms. The Morgan fingerprint density at radius 2 is 1.89 bits per heavy atom. The lowest BCUT2D eigenvalue weighted by atomic mass is 10.1. The number of hydrazone groups is 1. The van der Waals surface area contributed by atoms with Gasteiger partial charge in [0, 0.05) is 24.7 Å². The minimum atomic E-state index is -0.496. The van der Waals surface area contributed by atoms with E-state index in [1.54, 1.807) is 36.4 Å². The predicted octanol–water partition coefficient (Wildman–Crippen LogP) is 2.67. The van der Waals surface area contributed by atoms with Crippen LogP contribution < -0.4 is 11.0 Å². The number of aromatic nitrogens is 2. The van der Waals surface area contributed by atoms with Crippen molar-refractivity contribution in [1.82, 2.24) is 9.55 Å². The Morgan fingerprint density at radius 3 is 2.50 bits per heavy atom. The fourth-order valence-corrected chi connectivity index (χ4v) is 2.45. The Labute approximate surface area is 159 Å². The molecule has 3 aromatic rings. The van der Waals surface area contributed by atoms with Crippen LogP contribution in [0.2, 0.25) is 0 Å². The highest BCUT2D eigenvalue weighted by Gasteiger charge is 2.15. The van der Waals surface area contributed by atoms with E-state index in [4.69, 9.17) is 0 Å². The first kappa shape index (κ1) is 18.5. The average molecular weight is 374 g/mol. The first-order valence-corrected chi connectivity index (χ1v) is 8.11. The SMILES string of the molecule is Cn1c(N/N=C/c2ccc([N+](=O)[O-])cc2)nc(-c2ccccc2)c(C#N)c1=O. The Hall–Kier alpha value is -4.32. The molecule has 1 heterocycles. The number of hydrogen-bond acceptors (Lipinski definition) is 7. The van der Waals surface area contributed by atoms with Crippen molar-refractivity contribution < 1.29 is 4.92 Å². The number of non-ortho nitro benzene ring substituents is 1. The van der Waals surface area contributed by atoms with Gasteiger partial charge in [-0.05, 0) is 17.7 Å². The van der Waals surface area contributed by atoms with Crippen molar-refractivity contribution in [2.24, 2.45) is 12.1 Å². The van der Waals surface area contributed by atoms with Crippen LogP contribution in [-0.4, -0.2) is 20.7 Å². The first-order chi connectivity index (χ1) is 13.5. The van der Waals surface area contributed by atoms with Crippen molar-refractivity contribution in [1.29, 1.82) is 5.26 Å². The molecule has 0 aliphatic heterocycles. The molecule has 138 valence electrons. The zero-order chi connectivity index (χ0) is 20.1. The van der Waals surface area contributed by atoms with Gasteiger partial charge in [-0.1, -0.05) is 30.3 Å². The molecule has 0 atom stereocenters. The number of nitriles is 1. The van der Waals surface area contributed by atoms with Crippen LogP contribution >= 0.6 is 0 Å². The van der Waals surface area contributed by atoms with Gasteiger partial charge in [-0.2, -0.15) is 10.4 Å². The smallest absolute Gasteiger partial charge is 0.273 e. The second kappa shape index (κ2) is 7.92. The largest absolute Gasteiger partial charge is 0.279 e. The molecule has 0 amide bonds. The lowest BCUT2D eigenvalue weighted by molar-refractivity contribution is -0.384.